The predicted octanol–water partition coefficient (Wildman–Crippen LogP) is 1.06. The number of rotatable bonds is 5. The van der Waals surface area contributed by atoms with Gasteiger partial charge in [0.1, 0.15) is 11.8 Å². The molecule has 0 unspecified atom stereocenters. The molecular weight excluding hydrogens is 172 g/mol. The fourth-order valence-corrected chi connectivity index (χ4v) is 0.650. The molecule has 0 radical (unpaired) electrons. The predicted molar refractivity (Wildman–Crippen MR) is 47.0 cm³/mol. The first-order valence-corrected chi connectivity index (χ1v) is 4.13. The van der Waals surface area contributed by atoms with E-state index in [-0.39, 0.29) is 18.0 Å². The molecule has 0 atom stereocenters. The Bertz CT molecular complexity index is 218. The van der Waals surface area contributed by atoms with Crippen molar-refractivity contribution in [2.45, 2.75) is 20.8 Å². The Kier molecular flexibility index (Phi) is 5.59. The van der Waals surface area contributed by atoms with Crippen LogP contribution in [0.4, 0.5) is 0 Å². The first-order valence-electron chi connectivity index (χ1n) is 4.13. The number of hydrogen-bond donors (Lipinski definition) is 0. The van der Waals surface area contributed by atoms with Gasteiger partial charge in [-0.1, -0.05) is 0 Å². The van der Waals surface area contributed by atoms with Crippen molar-refractivity contribution in [2.24, 2.45) is 0 Å². The van der Waals surface area contributed by atoms with E-state index in [1.165, 1.54) is 6.92 Å². The summed E-state index contributed by atoms with van der Waals surface area (Å²) in [6.45, 7) is 5.39. The second-order valence-electron chi connectivity index (χ2n) is 2.26. The van der Waals surface area contributed by atoms with Crippen LogP contribution in [0, 0.1) is 0 Å². The monoisotopic (exact) mass is 186 g/mol. The highest BCUT2D eigenvalue weighted by Gasteiger charge is 2.15. The molecule has 0 rings (SSSR count). The SMILES string of the molecule is CCO/C=C(/C(C)=O)C(=O)OCC. The molecule has 0 saturated carbocycles. The van der Waals surface area contributed by atoms with E-state index in [1.54, 1.807) is 13.8 Å². The van der Waals surface area contributed by atoms with E-state index in [9.17, 15) is 9.59 Å². The van der Waals surface area contributed by atoms with E-state index in [0.717, 1.165) is 6.26 Å². The first-order chi connectivity index (χ1) is 6.13. The standard InChI is InChI=1S/C9H14O4/c1-4-12-6-8(7(3)10)9(11)13-5-2/h6H,4-5H2,1-3H3/b8-6-. The largest absolute Gasteiger partial charge is 0.500 e. The minimum absolute atomic E-state index is 0.0521. The van der Waals surface area contributed by atoms with Gasteiger partial charge in [-0.3, -0.25) is 4.79 Å². The lowest BCUT2D eigenvalue weighted by molar-refractivity contribution is -0.140. The van der Waals surface area contributed by atoms with Crippen LogP contribution in [0.3, 0.4) is 0 Å². The van der Waals surface area contributed by atoms with Gasteiger partial charge in [0.15, 0.2) is 5.78 Å². The summed E-state index contributed by atoms with van der Waals surface area (Å²) < 4.78 is 9.50. The number of carbonyl (C=O) groups is 2. The summed E-state index contributed by atoms with van der Waals surface area (Å²) in [7, 11) is 0. The minimum atomic E-state index is -0.636. The maximum Gasteiger partial charge on any atom is 0.344 e. The van der Waals surface area contributed by atoms with Gasteiger partial charge in [0, 0.05) is 0 Å². The van der Waals surface area contributed by atoms with Crippen LogP contribution >= 0.6 is 0 Å². The topological polar surface area (TPSA) is 52.6 Å². The molecule has 0 aromatic rings. The van der Waals surface area contributed by atoms with E-state index >= 15 is 0 Å². The summed E-state index contributed by atoms with van der Waals surface area (Å²) in [4.78, 5) is 22.0. The molecule has 0 N–H and O–H groups in total. The molecular formula is C9H14O4. The molecule has 4 heteroatoms. The molecule has 0 bridgehead atoms. The van der Waals surface area contributed by atoms with Crippen molar-refractivity contribution >= 4 is 11.8 Å². The summed E-state index contributed by atoms with van der Waals surface area (Å²) in [5.74, 6) is -0.990. The highest BCUT2D eigenvalue weighted by Crippen LogP contribution is 2.00. The summed E-state index contributed by atoms with van der Waals surface area (Å²) in [6, 6.07) is 0. The van der Waals surface area contributed by atoms with Crippen molar-refractivity contribution < 1.29 is 19.1 Å². The molecule has 74 valence electrons. The average Bonchev–Trinajstić information content (AvgIpc) is 2.05. The van der Waals surface area contributed by atoms with Crippen LogP contribution in [0.2, 0.25) is 0 Å². The Morgan fingerprint density at radius 1 is 1.23 bits per heavy atom. The number of carbonyl (C=O) groups excluding carboxylic acids is 2. The third kappa shape index (κ3) is 4.30. The van der Waals surface area contributed by atoms with Crippen LogP contribution in [0.25, 0.3) is 0 Å². The number of Topliss-reactive ketones (excluding diaryl/α,β-unsaturated/α-hetero) is 1. The summed E-state index contributed by atoms with van der Waals surface area (Å²) in [5.41, 5.74) is -0.0521. The maximum absolute atomic E-state index is 11.1. The van der Waals surface area contributed by atoms with E-state index in [4.69, 9.17) is 4.74 Å². The summed E-state index contributed by atoms with van der Waals surface area (Å²) in [5, 5.41) is 0. The molecule has 4 nitrogen and oxygen atoms in total. The van der Waals surface area contributed by atoms with Gasteiger partial charge in [-0.05, 0) is 20.8 Å². The zero-order chi connectivity index (χ0) is 10.3. The van der Waals surface area contributed by atoms with Crippen LogP contribution in [0.1, 0.15) is 20.8 Å². The zero-order valence-corrected chi connectivity index (χ0v) is 8.12. The van der Waals surface area contributed by atoms with E-state index in [2.05, 4.69) is 4.74 Å². The average molecular weight is 186 g/mol. The molecule has 0 aromatic heterocycles. The van der Waals surface area contributed by atoms with E-state index in [0.29, 0.717) is 6.61 Å². The van der Waals surface area contributed by atoms with E-state index < -0.39 is 5.97 Å². The molecule has 0 aliphatic carbocycles. The molecule has 0 amide bonds. The lowest BCUT2D eigenvalue weighted by Gasteiger charge is -2.03. The van der Waals surface area contributed by atoms with Crippen molar-refractivity contribution in [1.82, 2.24) is 0 Å². The lowest BCUT2D eigenvalue weighted by atomic mass is 10.2. The van der Waals surface area contributed by atoms with Crippen molar-refractivity contribution in [3.05, 3.63) is 11.8 Å². The molecule has 0 saturated heterocycles. The quantitative estimate of drug-likeness (QED) is 0.212. The van der Waals surface area contributed by atoms with Crippen LogP contribution in [0.15, 0.2) is 11.8 Å². The Labute approximate surface area is 77.5 Å². The third-order valence-corrected chi connectivity index (χ3v) is 1.24. The van der Waals surface area contributed by atoms with Gasteiger partial charge in [0.05, 0.1) is 13.2 Å². The zero-order valence-electron chi connectivity index (χ0n) is 8.12. The van der Waals surface area contributed by atoms with Gasteiger partial charge in [-0.2, -0.15) is 0 Å². The fourth-order valence-electron chi connectivity index (χ4n) is 0.650. The molecule has 13 heavy (non-hydrogen) atoms. The highest BCUT2D eigenvalue weighted by molar-refractivity contribution is 6.16. The summed E-state index contributed by atoms with van der Waals surface area (Å²) in [6.07, 6.45) is 1.14. The molecule has 0 heterocycles. The van der Waals surface area contributed by atoms with Gasteiger partial charge in [-0.25, -0.2) is 4.79 Å². The minimum Gasteiger partial charge on any atom is -0.500 e. The smallest absolute Gasteiger partial charge is 0.344 e. The van der Waals surface area contributed by atoms with Crippen molar-refractivity contribution in [1.29, 1.82) is 0 Å². The van der Waals surface area contributed by atoms with Gasteiger partial charge in [0.25, 0.3) is 0 Å². The molecule has 0 fully saturated rings. The van der Waals surface area contributed by atoms with Crippen LogP contribution < -0.4 is 0 Å². The van der Waals surface area contributed by atoms with Crippen molar-refractivity contribution in [2.75, 3.05) is 13.2 Å². The van der Waals surface area contributed by atoms with Crippen LogP contribution in [0.5, 0.6) is 0 Å². The number of hydrogen-bond acceptors (Lipinski definition) is 4. The second kappa shape index (κ2) is 6.22. The number of esters is 1. The van der Waals surface area contributed by atoms with E-state index in [1.807, 2.05) is 0 Å². The number of ketones is 1. The molecule has 0 aliphatic rings. The van der Waals surface area contributed by atoms with Gasteiger partial charge < -0.3 is 9.47 Å². The molecule has 0 spiro atoms. The highest BCUT2D eigenvalue weighted by atomic mass is 16.5. The van der Waals surface area contributed by atoms with Crippen molar-refractivity contribution in [3.63, 3.8) is 0 Å². The van der Waals surface area contributed by atoms with Crippen molar-refractivity contribution in [3.8, 4) is 0 Å². The Morgan fingerprint density at radius 3 is 2.23 bits per heavy atom. The first kappa shape index (κ1) is 11.7. The van der Waals surface area contributed by atoms with Gasteiger partial charge in [-0.15, -0.1) is 0 Å². The Hall–Kier alpha value is -1.32. The van der Waals surface area contributed by atoms with Gasteiger partial charge >= 0.3 is 5.97 Å². The molecule has 0 aromatic carbocycles. The maximum atomic E-state index is 11.1. The number of ether oxygens (including phenoxy) is 2. The third-order valence-electron chi connectivity index (χ3n) is 1.24. The second-order valence-corrected chi connectivity index (χ2v) is 2.26. The molecule has 0 aliphatic heterocycles. The van der Waals surface area contributed by atoms with Crippen LogP contribution in [-0.2, 0) is 19.1 Å². The van der Waals surface area contributed by atoms with Crippen LogP contribution in [-0.4, -0.2) is 25.0 Å². The van der Waals surface area contributed by atoms with Gasteiger partial charge in [0.2, 0.25) is 0 Å². The Morgan fingerprint density at radius 2 is 1.85 bits per heavy atom. The normalized spacial score (nSPS) is 10.8. The lowest BCUT2D eigenvalue weighted by Crippen LogP contribution is -2.14. The Balaban J connectivity index is 4.41. The fraction of sp³-hybridized carbons (Fsp3) is 0.556. The summed E-state index contributed by atoms with van der Waals surface area (Å²) >= 11 is 0.